The second-order valence-electron chi connectivity index (χ2n) is 6.75. The van der Waals surface area contributed by atoms with E-state index < -0.39 is 0 Å². The number of halogens is 1. The lowest BCUT2D eigenvalue weighted by atomic mass is 10.1. The number of hydrogen-bond donors (Lipinski definition) is 2. The Morgan fingerprint density at radius 2 is 1.97 bits per heavy atom. The van der Waals surface area contributed by atoms with Crippen molar-refractivity contribution in [1.82, 2.24) is 15.1 Å². The summed E-state index contributed by atoms with van der Waals surface area (Å²) in [5, 5.41) is 13.0. The van der Waals surface area contributed by atoms with Crippen molar-refractivity contribution in [1.29, 1.82) is 0 Å². The Morgan fingerprint density at radius 1 is 1.23 bits per heavy atom. The van der Waals surface area contributed by atoms with Gasteiger partial charge in [-0.05, 0) is 43.2 Å². The molecule has 0 bridgehead atoms. The van der Waals surface area contributed by atoms with E-state index in [4.69, 9.17) is 14.1 Å². The first-order valence-corrected chi connectivity index (χ1v) is 9.84. The first kappa shape index (κ1) is 23.8. The summed E-state index contributed by atoms with van der Waals surface area (Å²) in [5.41, 5.74) is 1.05. The SMILES string of the molecule is CCNC(=NCCc1ccc(O)c(OC)c1)N1CCN(C(=O)c2ccco2)CC1.I. The van der Waals surface area contributed by atoms with Gasteiger partial charge in [0.25, 0.3) is 5.91 Å². The second kappa shape index (κ2) is 11.7. The third kappa shape index (κ3) is 6.04. The molecule has 164 valence electrons. The van der Waals surface area contributed by atoms with Crippen LogP contribution in [0.4, 0.5) is 0 Å². The van der Waals surface area contributed by atoms with E-state index in [1.54, 1.807) is 18.2 Å². The fourth-order valence-electron chi connectivity index (χ4n) is 3.27. The number of phenolic OH excluding ortho intramolecular Hbond substituents is 1. The van der Waals surface area contributed by atoms with Gasteiger partial charge in [-0.25, -0.2) is 0 Å². The summed E-state index contributed by atoms with van der Waals surface area (Å²) in [4.78, 5) is 21.1. The number of hydrogen-bond acceptors (Lipinski definition) is 5. The monoisotopic (exact) mass is 528 g/mol. The van der Waals surface area contributed by atoms with Crippen LogP contribution < -0.4 is 10.1 Å². The molecule has 1 aliphatic rings. The van der Waals surface area contributed by atoms with Crippen molar-refractivity contribution in [3.8, 4) is 11.5 Å². The highest BCUT2D eigenvalue weighted by molar-refractivity contribution is 14.0. The molecule has 2 heterocycles. The van der Waals surface area contributed by atoms with Crippen LogP contribution in [0, 0.1) is 0 Å². The molecule has 1 aromatic carbocycles. The summed E-state index contributed by atoms with van der Waals surface area (Å²) in [7, 11) is 1.54. The minimum absolute atomic E-state index is 0. The summed E-state index contributed by atoms with van der Waals surface area (Å²) < 4.78 is 10.4. The number of phenols is 1. The number of nitrogens with one attached hydrogen (secondary N) is 1. The van der Waals surface area contributed by atoms with Crippen LogP contribution >= 0.6 is 24.0 Å². The summed E-state index contributed by atoms with van der Waals surface area (Å²) in [5.74, 6) is 1.76. The number of guanidine groups is 1. The molecule has 1 aromatic heterocycles. The average Bonchev–Trinajstić information content (AvgIpc) is 3.29. The fourth-order valence-corrected chi connectivity index (χ4v) is 3.27. The maximum atomic E-state index is 12.4. The minimum Gasteiger partial charge on any atom is -0.504 e. The zero-order valence-corrected chi connectivity index (χ0v) is 19.7. The van der Waals surface area contributed by atoms with E-state index in [1.165, 1.54) is 13.4 Å². The number of carbonyl (C=O) groups is 1. The smallest absolute Gasteiger partial charge is 0.289 e. The molecule has 9 heteroatoms. The number of amides is 1. The molecule has 2 aromatic rings. The van der Waals surface area contributed by atoms with Crippen LogP contribution in [0.1, 0.15) is 23.0 Å². The quantitative estimate of drug-likeness (QED) is 0.341. The molecular formula is C21H29IN4O4. The largest absolute Gasteiger partial charge is 0.504 e. The zero-order chi connectivity index (χ0) is 20.6. The van der Waals surface area contributed by atoms with Crippen molar-refractivity contribution in [2.75, 3.05) is 46.4 Å². The van der Waals surface area contributed by atoms with Crippen molar-refractivity contribution >= 4 is 35.8 Å². The molecule has 1 aliphatic heterocycles. The Morgan fingerprint density at radius 3 is 2.60 bits per heavy atom. The standard InChI is InChI=1S/C21H28N4O4.HI/c1-3-22-21(23-9-8-16-6-7-17(26)19(15-16)28-2)25-12-10-24(11-13-25)20(27)18-5-4-14-29-18;/h4-7,14-15,26H,3,8-13H2,1-2H3,(H,22,23);1H. The third-order valence-electron chi connectivity index (χ3n) is 4.84. The number of nitrogens with zero attached hydrogens (tertiary/aromatic N) is 3. The van der Waals surface area contributed by atoms with Gasteiger partial charge in [-0.3, -0.25) is 9.79 Å². The number of rotatable bonds is 6. The van der Waals surface area contributed by atoms with Crippen molar-refractivity contribution < 1.29 is 19.1 Å². The van der Waals surface area contributed by atoms with Gasteiger partial charge in [0.2, 0.25) is 0 Å². The highest BCUT2D eigenvalue weighted by Gasteiger charge is 2.25. The van der Waals surface area contributed by atoms with E-state index in [1.807, 2.05) is 24.0 Å². The highest BCUT2D eigenvalue weighted by Crippen LogP contribution is 2.26. The number of furan rings is 1. The number of benzene rings is 1. The van der Waals surface area contributed by atoms with E-state index in [0.29, 0.717) is 44.2 Å². The van der Waals surface area contributed by atoms with Crippen molar-refractivity contribution in [3.05, 3.63) is 47.9 Å². The Bertz CT molecular complexity index is 834. The van der Waals surface area contributed by atoms with Crippen LogP contribution in [0.25, 0.3) is 0 Å². The zero-order valence-electron chi connectivity index (χ0n) is 17.3. The summed E-state index contributed by atoms with van der Waals surface area (Å²) in [6.07, 6.45) is 2.26. The first-order valence-electron chi connectivity index (χ1n) is 9.84. The van der Waals surface area contributed by atoms with Gasteiger partial charge in [0.05, 0.1) is 13.4 Å². The van der Waals surface area contributed by atoms with Gasteiger partial charge in [-0.2, -0.15) is 0 Å². The number of methoxy groups -OCH3 is 1. The van der Waals surface area contributed by atoms with Crippen LogP contribution in [-0.4, -0.2) is 73.2 Å². The molecule has 0 spiro atoms. The van der Waals surface area contributed by atoms with Gasteiger partial charge in [-0.1, -0.05) is 6.07 Å². The Kier molecular flexibility index (Phi) is 9.28. The van der Waals surface area contributed by atoms with E-state index in [-0.39, 0.29) is 35.6 Å². The molecule has 0 atom stereocenters. The maximum absolute atomic E-state index is 12.4. The second-order valence-corrected chi connectivity index (χ2v) is 6.75. The first-order chi connectivity index (χ1) is 14.1. The Balaban J connectivity index is 0.00000320. The molecule has 0 radical (unpaired) electrons. The molecule has 8 nitrogen and oxygen atoms in total. The lowest BCUT2D eigenvalue weighted by molar-refractivity contribution is 0.0657. The lowest BCUT2D eigenvalue weighted by Crippen LogP contribution is -2.53. The predicted molar refractivity (Wildman–Crippen MR) is 126 cm³/mol. The Labute approximate surface area is 193 Å². The van der Waals surface area contributed by atoms with E-state index in [2.05, 4.69) is 10.2 Å². The molecule has 0 unspecified atom stereocenters. The molecule has 0 aliphatic carbocycles. The van der Waals surface area contributed by atoms with Crippen LogP contribution in [0.5, 0.6) is 11.5 Å². The molecule has 1 fully saturated rings. The number of aromatic hydroxyl groups is 1. The molecule has 30 heavy (non-hydrogen) atoms. The molecule has 0 saturated carbocycles. The van der Waals surface area contributed by atoms with Crippen molar-refractivity contribution in [2.24, 2.45) is 4.99 Å². The van der Waals surface area contributed by atoms with Gasteiger partial charge in [-0.15, -0.1) is 24.0 Å². The van der Waals surface area contributed by atoms with Gasteiger partial charge in [0.15, 0.2) is 23.2 Å². The third-order valence-corrected chi connectivity index (χ3v) is 4.84. The average molecular weight is 528 g/mol. The summed E-state index contributed by atoms with van der Waals surface area (Å²) in [6.45, 7) is 6.10. The van der Waals surface area contributed by atoms with Crippen molar-refractivity contribution in [3.63, 3.8) is 0 Å². The van der Waals surface area contributed by atoms with Crippen LogP contribution in [0.3, 0.4) is 0 Å². The topological polar surface area (TPSA) is 90.5 Å². The highest BCUT2D eigenvalue weighted by atomic mass is 127. The lowest BCUT2D eigenvalue weighted by Gasteiger charge is -2.36. The number of piperazine rings is 1. The molecule has 1 amide bonds. The van der Waals surface area contributed by atoms with Crippen LogP contribution in [0.2, 0.25) is 0 Å². The van der Waals surface area contributed by atoms with E-state index in [9.17, 15) is 9.90 Å². The predicted octanol–water partition coefficient (Wildman–Crippen LogP) is 2.58. The molecule has 1 saturated heterocycles. The molecule has 2 N–H and O–H groups in total. The molecule has 3 rings (SSSR count). The van der Waals surface area contributed by atoms with E-state index in [0.717, 1.165) is 24.5 Å². The van der Waals surface area contributed by atoms with Gasteiger partial charge >= 0.3 is 0 Å². The number of aliphatic imine (C=N–C) groups is 1. The van der Waals surface area contributed by atoms with Gasteiger partial charge < -0.3 is 29.4 Å². The van der Waals surface area contributed by atoms with Crippen LogP contribution in [0.15, 0.2) is 46.0 Å². The normalized spacial score (nSPS) is 14.3. The summed E-state index contributed by atoms with van der Waals surface area (Å²) >= 11 is 0. The van der Waals surface area contributed by atoms with Crippen molar-refractivity contribution in [2.45, 2.75) is 13.3 Å². The van der Waals surface area contributed by atoms with Crippen LogP contribution in [-0.2, 0) is 6.42 Å². The van der Waals surface area contributed by atoms with E-state index >= 15 is 0 Å². The van der Waals surface area contributed by atoms with Gasteiger partial charge in [0.1, 0.15) is 0 Å². The maximum Gasteiger partial charge on any atom is 0.289 e. The number of carbonyl (C=O) groups excluding carboxylic acids is 1. The fraction of sp³-hybridized carbons (Fsp3) is 0.429. The number of ether oxygens (including phenoxy) is 1. The Hall–Kier alpha value is -2.43. The minimum atomic E-state index is -0.0714. The van der Waals surface area contributed by atoms with Gasteiger partial charge in [0, 0.05) is 39.3 Å². The summed E-state index contributed by atoms with van der Waals surface area (Å²) in [6, 6.07) is 8.76. The molecular weight excluding hydrogens is 499 g/mol.